The lowest BCUT2D eigenvalue weighted by molar-refractivity contribution is 1.12. The van der Waals surface area contributed by atoms with E-state index in [-0.39, 0.29) is 0 Å². The first kappa shape index (κ1) is 8.83. The molecule has 0 aromatic heterocycles. The zero-order chi connectivity index (χ0) is 7.28. The second-order valence-electron chi connectivity index (χ2n) is 2.33. The minimum absolute atomic E-state index is 0.681. The number of hydrogen-bond donors (Lipinski definition) is 0. The summed E-state index contributed by atoms with van der Waals surface area (Å²) in [6.07, 6.45) is 2.03. The largest absolute Gasteiger partial charge is 0.131 e. The fraction of sp³-hybridized carbons (Fsp3) is 0.500. The highest BCUT2D eigenvalue weighted by Gasteiger charge is 1.85. The van der Waals surface area contributed by atoms with Crippen LogP contribution in [0.5, 0.6) is 0 Å². The molecule has 0 aliphatic rings. The van der Waals surface area contributed by atoms with E-state index in [0.29, 0.717) is 5.25 Å². The Morgan fingerprint density at radius 2 is 2.11 bits per heavy atom. The molecule has 0 unspecified atom stereocenters. The fourth-order valence-corrected chi connectivity index (χ4v) is 0.938. The normalized spacial score (nSPS) is 11.1. The van der Waals surface area contributed by atoms with Crippen LogP contribution < -0.4 is 0 Å². The molecule has 0 fully saturated rings. The van der Waals surface area contributed by atoms with Crippen LogP contribution in [0.1, 0.15) is 20.8 Å². The van der Waals surface area contributed by atoms with Crippen molar-refractivity contribution in [1.29, 1.82) is 0 Å². The summed E-state index contributed by atoms with van der Waals surface area (Å²) in [6.45, 7) is 10.1. The predicted octanol–water partition coefficient (Wildman–Crippen LogP) is 3.22. The molecule has 0 heterocycles. The van der Waals surface area contributed by atoms with Gasteiger partial charge in [0.15, 0.2) is 0 Å². The molecule has 0 aliphatic carbocycles. The lowest BCUT2D eigenvalue weighted by atomic mass is 10.4. The quantitative estimate of drug-likeness (QED) is 0.545. The van der Waals surface area contributed by atoms with E-state index in [1.807, 2.05) is 24.8 Å². The summed E-state index contributed by atoms with van der Waals surface area (Å²) < 4.78 is 0. The van der Waals surface area contributed by atoms with Gasteiger partial charge < -0.3 is 0 Å². The van der Waals surface area contributed by atoms with Crippen LogP contribution in [0.25, 0.3) is 0 Å². The second-order valence-corrected chi connectivity index (χ2v) is 3.82. The van der Waals surface area contributed by atoms with Crippen LogP contribution in [0.15, 0.2) is 23.6 Å². The van der Waals surface area contributed by atoms with Crippen molar-refractivity contribution in [3.63, 3.8) is 0 Å². The van der Waals surface area contributed by atoms with E-state index in [1.54, 1.807) is 0 Å². The lowest BCUT2D eigenvalue weighted by Gasteiger charge is -1.95. The first-order valence-electron chi connectivity index (χ1n) is 3.10. The average Bonchev–Trinajstić information content (AvgIpc) is 1.63. The van der Waals surface area contributed by atoms with Crippen LogP contribution in [0, 0.1) is 0 Å². The van der Waals surface area contributed by atoms with E-state index >= 15 is 0 Å². The van der Waals surface area contributed by atoms with E-state index in [2.05, 4.69) is 25.8 Å². The summed E-state index contributed by atoms with van der Waals surface area (Å²) in [6, 6.07) is 0. The summed E-state index contributed by atoms with van der Waals surface area (Å²) >= 11 is 1.82. The number of allylic oxidation sites excluding steroid dienone is 2. The van der Waals surface area contributed by atoms with Gasteiger partial charge in [-0.05, 0) is 12.3 Å². The molecule has 0 saturated carbocycles. The van der Waals surface area contributed by atoms with Gasteiger partial charge in [0.05, 0.1) is 0 Å². The summed E-state index contributed by atoms with van der Waals surface area (Å²) in [7, 11) is 0. The van der Waals surface area contributed by atoms with Crippen molar-refractivity contribution >= 4 is 11.8 Å². The summed E-state index contributed by atoms with van der Waals surface area (Å²) in [5, 5.41) is 2.77. The zero-order valence-electron chi connectivity index (χ0n) is 6.35. The minimum Gasteiger partial charge on any atom is -0.131 e. The fourth-order valence-electron chi connectivity index (χ4n) is 0.313. The van der Waals surface area contributed by atoms with Crippen molar-refractivity contribution in [3.8, 4) is 0 Å². The second kappa shape index (κ2) is 4.68. The first-order valence-corrected chi connectivity index (χ1v) is 4.04. The molecule has 0 aromatic carbocycles. The Morgan fingerprint density at radius 3 is 2.44 bits per heavy atom. The molecule has 0 bridgehead atoms. The smallest absolute Gasteiger partial charge is 0.00317 e. The molecule has 9 heavy (non-hydrogen) atoms. The van der Waals surface area contributed by atoms with Gasteiger partial charge in [0.25, 0.3) is 0 Å². The van der Waals surface area contributed by atoms with E-state index in [9.17, 15) is 0 Å². The van der Waals surface area contributed by atoms with Crippen LogP contribution in [0.2, 0.25) is 0 Å². The maximum Gasteiger partial charge on any atom is 0.00317 e. The molecule has 0 rings (SSSR count). The van der Waals surface area contributed by atoms with Crippen molar-refractivity contribution in [1.82, 2.24) is 0 Å². The number of hydrogen-bond acceptors (Lipinski definition) is 1. The average molecular weight is 142 g/mol. The Bertz CT molecular complexity index is 112. The molecular formula is C8H14S. The molecule has 0 spiro atoms. The third kappa shape index (κ3) is 7.83. The molecule has 1 heteroatoms. The standard InChI is InChI=1S/C8H14S/c1-7(2)5-6-9-8(3)4/h5-6,8H,1H2,2-4H3/b6-5+. The van der Waals surface area contributed by atoms with Crippen molar-refractivity contribution in [2.75, 3.05) is 0 Å². The maximum atomic E-state index is 3.75. The van der Waals surface area contributed by atoms with E-state index in [0.717, 1.165) is 5.57 Å². The van der Waals surface area contributed by atoms with Gasteiger partial charge >= 0.3 is 0 Å². The molecule has 0 atom stereocenters. The van der Waals surface area contributed by atoms with Gasteiger partial charge in [-0.3, -0.25) is 0 Å². The minimum atomic E-state index is 0.681. The van der Waals surface area contributed by atoms with Gasteiger partial charge in [-0.15, -0.1) is 11.8 Å². The highest BCUT2D eigenvalue weighted by atomic mass is 32.2. The van der Waals surface area contributed by atoms with Crippen molar-refractivity contribution < 1.29 is 0 Å². The molecule has 0 amide bonds. The van der Waals surface area contributed by atoms with Gasteiger partial charge in [-0.25, -0.2) is 0 Å². The number of rotatable bonds is 3. The van der Waals surface area contributed by atoms with Crippen LogP contribution in [-0.4, -0.2) is 5.25 Å². The number of thioether (sulfide) groups is 1. The summed E-state index contributed by atoms with van der Waals surface area (Å²) in [5.74, 6) is 0. The van der Waals surface area contributed by atoms with E-state index in [1.165, 1.54) is 0 Å². The molecular weight excluding hydrogens is 128 g/mol. The van der Waals surface area contributed by atoms with Gasteiger partial charge in [0, 0.05) is 5.25 Å². The Balaban J connectivity index is 3.36. The highest BCUT2D eigenvalue weighted by Crippen LogP contribution is 2.10. The van der Waals surface area contributed by atoms with Crippen molar-refractivity contribution in [3.05, 3.63) is 23.6 Å². The highest BCUT2D eigenvalue weighted by molar-refractivity contribution is 8.02. The zero-order valence-corrected chi connectivity index (χ0v) is 7.16. The SMILES string of the molecule is C=C(C)/C=C/SC(C)C. The third-order valence-electron chi connectivity index (χ3n) is 0.703. The van der Waals surface area contributed by atoms with Crippen LogP contribution in [0.4, 0.5) is 0 Å². The van der Waals surface area contributed by atoms with Crippen molar-refractivity contribution in [2.45, 2.75) is 26.0 Å². The van der Waals surface area contributed by atoms with Crippen LogP contribution >= 0.6 is 11.8 Å². The Hall–Kier alpha value is -0.170. The third-order valence-corrected chi connectivity index (χ3v) is 1.54. The molecule has 0 aliphatic heterocycles. The van der Waals surface area contributed by atoms with Crippen molar-refractivity contribution in [2.24, 2.45) is 0 Å². The molecule has 0 saturated heterocycles. The molecule has 0 N–H and O–H groups in total. The van der Waals surface area contributed by atoms with Crippen LogP contribution in [-0.2, 0) is 0 Å². The Labute approximate surface area is 62.0 Å². The van der Waals surface area contributed by atoms with E-state index < -0.39 is 0 Å². The van der Waals surface area contributed by atoms with Gasteiger partial charge in [0.2, 0.25) is 0 Å². The molecule has 52 valence electrons. The Morgan fingerprint density at radius 1 is 1.56 bits per heavy atom. The first-order chi connectivity index (χ1) is 4.13. The summed E-state index contributed by atoms with van der Waals surface area (Å²) in [5.41, 5.74) is 1.11. The molecule has 0 radical (unpaired) electrons. The Kier molecular flexibility index (Phi) is 4.60. The lowest BCUT2D eigenvalue weighted by Crippen LogP contribution is -1.80. The summed E-state index contributed by atoms with van der Waals surface area (Å²) in [4.78, 5) is 0. The predicted molar refractivity (Wildman–Crippen MR) is 46.7 cm³/mol. The topological polar surface area (TPSA) is 0 Å². The van der Waals surface area contributed by atoms with Gasteiger partial charge in [-0.2, -0.15) is 0 Å². The monoisotopic (exact) mass is 142 g/mol. The van der Waals surface area contributed by atoms with Crippen LogP contribution in [0.3, 0.4) is 0 Å². The van der Waals surface area contributed by atoms with Gasteiger partial charge in [-0.1, -0.05) is 32.1 Å². The molecule has 0 nitrogen and oxygen atoms in total. The molecule has 0 aromatic rings. The maximum absolute atomic E-state index is 3.75. The van der Waals surface area contributed by atoms with E-state index in [4.69, 9.17) is 0 Å². The van der Waals surface area contributed by atoms with Gasteiger partial charge in [0.1, 0.15) is 0 Å².